The van der Waals surface area contributed by atoms with Crippen LogP contribution < -0.4 is 5.56 Å². The molecular formula is C18H23N3O3. The minimum Gasteiger partial charge on any atom is -0.377 e. The van der Waals surface area contributed by atoms with Crippen molar-refractivity contribution in [1.29, 1.82) is 0 Å². The molecule has 0 radical (unpaired) electrons. The van der Waals surface area contributed by atoms with Crippen molar-refractivity contribution >= 4 is 16.8 Å². The summed E-state index contributed by atoms with van der Waals surface area (Å²) in [5.74, 6) is 0.653. The predicted octanol–water partition coefficient (Wildman–Crippen LogP) is 1.88. The molecule has 1 N–H and O–H groups in total. The number of carbonyl (C=O) groups excluding carboxylic acids is 1. The summed E-state index contributed by atoms with van der Waals surface area (Å²) in [4.78, 5) is 33.6. The van der Waals surface area contributed by atoms with Gasteiger partial charge in [-0.25, -0.2) is 4.98 Å². The molecule has 1 aliphatic heterocycles. The number of aryl methyl sites for hydroxylation is 1. The van der Waals surface area contributed by atoms with Crippen LogP contribution in [0.5, 0.6) is 0 Å². The third-order valence-electron chi connectivity index (χ3n) is 4.37. The smallest absolute Gasteiger partial charge is 0.258 e. The molecule has 1 aliphatic rings. The second-order valence-electron chi connectivity index (χ2n) is 6.09. The number of aromatic amines is 1. The van der Waals surface area contributed by atoms with Gasteiger partial charge in [-0.2, -0.15) is 0 Å². The number of hydrogen-bond donors (Lipinski definition) is 1. The summed E-state index contributed by atoms with van der Waals surface area (Å²) in [5.41, 5.74) is 0.510. The van der Waals surface area contributed by atoms with Crippen LogP contribution in [0.3, 0.4) is 0 Å². The Labute approximate surface area is 140 Å². The molecule has 2 aromatic rings. The molecule has 3 rings (SSSR count). The molecule has 24 heavy (non-hydrogen) atoms. The number of aromatic nitrogens is 2. The number of nitrogens with zero attached hydrogens (tertiary/aromatic N) is 2. The van der Waals surface area contributed by atoms with Crippen molar-refractivity contribution in [2.45, 2.75) is 38.7 Å². The molecule has 1 saturated heterocycles. The van der Waals surface area contributed by atoms with E-state index in [1.165, 1.54) is 0 Å². The van der Waals surface area contributed by atoms with E-state index in [0.717, 1.165) is 19.4 Å². The fraction of sp³-hybridized carbons (Fsp3) is 0.500. The lowest BCUT2D eigenvalue weighted by molar-refractivity contribution is -0.135. The molecule has 0 bridgehead atoms. The average Bonchev–Trinajstić information content (AvgIpc) is 2.60. The van der Waals surface area contributed by atoms with Gasteiger partial charge >= 0.3 is 0 Å². The Morgan fingerprint density at radius 2 is 2.25 bits per heavy atom. The lowest BCUT2D eigenvalue weighted by Crippen LogP contribution is -2.43. The number of carbonyl (C=O) groups is 1. The van der Waals surface area contributed by atoms with Crippen LogP contribution in [-0.2, 0) is 16.0 Å². The molecular weight excluding hydrogens is 306 g/mol. The maximum atomic E-state index is 12.4. The molecule has 0 spiro atoms. The largest absolute Gasteiger partial charge is 0.377 e. The summed E-state index contributed by atoms with van der Waals surface area (Å²) in [5, 5.41) is 0.572. The molecule has 1 atom stereocenters. The van der Waals surface area contributed by atoms with Crippen molar-refractivity contribution in [1.82, 2.24) is 14.9 Å². The molecule has 2 heterocycles. The van der Waals surface area contributed by atoms with Crippen molar-refractivity contribution in [2.24, 2.45) is 0 Å². The zero-order chi connectivity index (χ0) is 16.9. The van der Waals surface area contributed by atoms with Crippen LogP contribution in [0.4, 0.5) is 0 Å². The Bertz CT molecular complexity index is 769. The van der Waals surface area contributed by atoms with Crippen LogP contribution in [0.2, 0.25) is 0 Å². The fourth-order valence-electron chi connectivity index (χ4n) is 3.17. The zero-order valence-electron chi connectivity index (χ0n) is 14.0. The molecule has 1 aromatic heterocycles. The average molecular weight is 329 g/mol. The van der Waals surface area contributed by atoms with E-state index in [1.54, 1.807) is 6.07 Å². The first-order valence-corrected chi connectivity index (χ1v) is 8.54. The fourth-order valence-corrected chi connectivity index (χ4v) is 3.17. The Morgan fingerprint density at radius 1 is 1.42 bits per heavy atom. The van der Waals surface area contributed by atoms with Gasteiger partial charge in [-0.1, -0.05) is 12.1 Å². The molecule has 1 amide bonds. The number of H-pyrrole nitrogens is 1. The SMILES string of the molecule is CCO[C@H]1CCCN(C(=O)CCc2nc3ccccc3c(=O)[nH]2)C1. The number of rotatable bonds is 5. The van der Waals surface area contributed by atoms with E-state index in [-0.39, 0.29) is 17.6 Å². The summed E-state index contributed by atoms with van der Waals surface area (Å²) in [6.07, 6.45) is 2.92. The van der Waals surface area contributed by atoms with Gasteiger partial charge in [0.1, 0.15) is 5.82 Å². The second kappa shape index (κ2) is 7.57. The number of para-hydroxylation sites is 1. The van der Waals surface area contributed by atoms with Gasteiger partial charge in [0.05, 0.1) is 17.0 Å². The Morgan fingerprint density at radius 3 is 3.08 bits per heavy atom. The summed E-state index contributed by atoms with van der Waals surface area (Å²) < 4.78 is 5.64. The van der Waals surface area contributed by atoms with Crippen molar-refractivity contribution in [3.63, 3.8) is 0 Å². The standard InChI is InChI=1S/C18H23N3O3/c1-2-24-13-6-5-11-21(12-13)17(22)10-9-16-19-15-8-4-3-7-14(15)18(23)20-16/h3-4,7-8,13H,2,5-6,9-12H2,1H3,(H,19,20,23)/t13-/m0/s1. The van der Waals surface area contributed by atoms with E-state index >= 15 is 0 Å². The number of hydrogen-bond acceptors (Lipinski definition) is 4. The van der Waals surface area contributed by atoms with Crippen LogP contribution in [0.25, 0.3) is 10.9 Å². The number of benzene rings is 1. The van der Waals surface area contributed by atoms with Gasteiger partial charge in [0.25, 0.3) is 5.56 Å². The second-order valence-corrected chi connectivity index (χ2v) is 6.09. The van der Waals surface area contributed by atoms with Crippen molar-refractivity contribution in [2.75, 3.05) is 19.7 Å². The molecule has 6 heteroatoms. The number of piperidine rings is 1. The minimum absolute atomic E-state index is 0.0928. The first kappa shape index (κ1) is 16.6. The van der Waals surface area contributed by atoms with Gasteiger partial charge in [0, 0.05) is 32.5 Å². The molecule has 0 unspecified atom stereocenters. The number of amides is 1. The van der Waals surface area contributed by atoms with Crippen LogP contribution in [0.15, 0.2) is 29.1 Å². The zero-order valence-corrected chi connectivity index (χ0v) is 14.0. The van der Waals surface area contributed by atoms with Gasteiger partial charge in [-0.05, 0) is 31.9 Å². The number of fused-ring (bicyclic) bond motifs is 1. The van der Waals surface area contributed by atoms with E-state index in [0.29, 0.717) is 42.7 Å². The highest BCUT2D eigenvalue weighted by Gasteiger charge is 2.23. The third kappa shape index (κ3) is 3.82. The van der Waals surface area contributed by atoms with E-state index in [4.69, 9.17) is 4.74 Å². The molecule has 6 nitrogen and oxygen atoms in total. The van der Waals surface area contributed by atoms with E-state index in [1.807, 2.05) is 30.0 Å². The highest BCUT2D eigenvalue weighted by molar-refractivity contribution is 5.78. The Kier molecular flexibility index (Phi) is 5.25. The van der Waals surface area contributed by atoms with E-state index in [2.05, 4.69) is 9.97 Å². The molecule has 1 aromatic carbocycles. The lowest BCUT2D eigenvalue weighted by Gasteiger charge is -2.32. The van der Waals surface area contributed by atoms with Crippen molar-refractivity contribution < 1.29 is 9.53 Å². The number of likely N-dealkylation sites (tertiary alicyclic amines) is 1. The van der Waals surface area contributed by atoms with Gasteiger partial charge < -0.3 is 14.6 Å². The van der Waals surface area contributed by atoms with Crippen molar-refractivity contribution in [3.05, 3.63) is 40.4 Å². The molecule has 0 saturated carbocycles. The summed E-state index contributed by atoms with van der Waals surface area (Å²) in [7, 11) is 0. The monoisotopic (exact) mass is 329 g/mol. The highest BCUT2D eigenvalue weighted by atomic mass is 16.5. The predicted molar refractivity (Wildman–Crippen MR) is 91.9 cm³/mol. The maximum Gasteiger partial charge on any atom is 0.258 e. The Hall–Kier alpha value is -2.21. The number of nitrogens with one attached hydrogen (secondary N) is 1. The Balaban J connectivity index is 1.63. The first-order valence-electron chi connectivity index (χ1n) is 8.54. The van der Waals surface area contributed by atoms with Crippen LogP contribution in [-0.4, -0.2) is 46.6 Å². The van der Waals surface area contributed by atoms with E-state index in [9.17, 15) is 9.59 Å². The van der Waals surface area contributed by atoms with E-state index < -0.39 is 0 Å². The molecule has 1 fully saturated rings. The van der Waals surface area contributed by atoms with Crippen molar-refractivity contribution in [3.8, 4) is 0 Å². The lowest BCUT2D eigenvalue weighted by atomic mass is 10.1. The van der Waals surface area contributed by atoms with Gasteiger partial charge in [-0.3, -0.25) is 9.59 Å². The van der Waals surface area contributed by atoms with Gasteiger partial charge in [0.2, 0.25) is 5.91 Å². The van der Waals surface area contributed by atoms with Crippen LogP contribution >= 0.6 is 0 Å². The molecule has 0 aliphatic carbocycles. The van der Waals surface area contributed by atoms with Crippen LogP contribution in [0.1, 0.15) is 32.0 Å². The van der Waals surface area contributed by atoms with Gasteiger partial charge in [0.15, 0.2) is 0 Å². The maximum absolute atomic E-state index is 12.4. The normalized spacial score (nSPS) is 18.0. The summed E-state index contributed by atoms with van der Waals surface area (Å²) in [6.45, 7) is 4.09. The van der Waals surface area contributed by atoms with Crippen LogP contribution in [0, 0.1) is 0 Å². The quantitative estimate of drug-likeness (QED) is 0.909. The topological polar surface area (TPSA) is 75.3 Å². The minimum atomic E-state index is -0.155. The first-order chi connectivity index (χ1) is 11.7. The molecule has 128 valence electrons. The summed E-state index contributed by atoms with van der Waals surface area (Å²) in [6, 6.07) is 7.23. The third-order valence-corrected chi connectivity index (χ3v) is 4.37. The van der Waals surface area contributed by atoms with Gasteiger partial charge in [-0.15, -0.1) is 0 Å². The number of ether oxygens (including phenoxy) is 1. The summed E-state index contributed by atoms with van der Waals surface area (Å²) >= 11 is 0. The highest BCUT2D eigenvalue weighted by Crippen LogP contribution is 2.15.